The fraction of sp³-hybridized carbons (Fsp3) is 0.577. The van der Waals surface area contributed by atoms with E-state index in [2.05, 4.69) is 46.8 Å². The van der Waals surface area contributed by atoms with Crippen molar-refractivity contribution in [1.29, 1.82) is 0 Å². The molecule has 0 N–H and O–H groups in total. The van der Waals surface area contributed by atoms with Crippen molar-refractivity contribution < 1.29 is 18.7 Å². The molecule has 0 saturated carbocycles. The lowest BCUT2D eigenvalue weighted by Gasteiger charge is -2.42. The Hall–Kier alpha value is -2.11. The Bertz CT molecular complexity index is 937. The van der Waals surface area contributed by atoms with Crippen LogP contribution in [0.2, 0.25) is 0 Å². The van der Waals surface area contributed by atoms with Crippen LogP contribution >= 0.6 is 0 Å². The van der Waals surface area contributed by atoms with Crippen molar-refractivity contribution in [1.82, 2.24) is 4.90 Å². The first-order chi connectivity index (χ1) is 14.5. The Kier molecular flexibility index (Phi) is 6.68. The van der Waals surface area contributed by atoms with E-state index in [1.807, 2.05) is 6.07 Å². The van der Waals surface area contributed by atoms with Gasteiger partial charge in [0.2, 0.25) is 0 Å². The highest BCUT2D eigenvalue weighted by atomic mass is 16.7. The van der Waals surface area contributed by atoms with E-state index in [0.717, 1.165) is 5.76 Å². The summed E-state index contributed by atoms with van der Waals surface area (Å²) in [4.78, 5) is 14.3. The summed E-state index contributed by atoms with van der Waals surface area (Å²) in [5.41, 5.74) is 5.80. The molecule has 31 heavy (non-hydrogen) atoms. The van der Waals surface area contributed by atoms with E-state index >= 15 is 0 Å². The van der Waals surface area contributed by atoms with E-state index in [9.17, 15) is 4.79 Å². The quantitative estimate of drug-likeness (QED) is 0.569. The van der Waals surface area contributed by atoms with Crippen LogP contribution in [0, 0.1) is 6.92 Å². The number of likely N-dealkylation sites (N-methyl/N-ethyl adjacent to an activating group) is 1. The van der Waals surface area contributed by atoms with Gasteiger partial charge in [-0.15, -0.1) is 0 Å². The number of hydrogen-bond donors (Lipinski definition) is 0. The Labute approximate surface area is 186 Å². The number of aryl methyl sites for hydroxylation is 1. The summed E-state index contributed by atoms with van der Waals surface area (Å²) in [5, 5.41) is 0. The standard InChI is InChI=1S/C26H37NO4/c1-17-13-20-21(26(4,5)12-11-25(20,2)3)15-18(17)14-19-9-10-22(31-19)24(28)27(6)16-23(29-7)30-8/h9-10,13,15,23H,11-12,14,16H2,1-8H3. The molecule has 1 aromatic heterocycles. The summed E-state index contributed by atoms with van der Waals surface area (Å²) in [6, 6.07) is 8.39. The zero-order chi connectivity index (χ0) is 23.0. The average molecular weight is 428 g/mol. The largest absolute Gasteiger partial charge is 0.456 e. The molecule has 0 unspecified atom stereocenters. The van der Waals surface area contributed by atoms with Crippen LogP contribution in [0.15, 0.2) is 28.7 Å². The second kappa shape index (κ2) is 8.79. The van der Waals surface area contributed by atoms with Gasteiger partial charge < -0.3 is 18.8 Å². The van der Waals surface area contributed by atoms with Gasteiger partial charge in [-0.25, -0.2) is 0 Å². The van der Waals surface area contributed by atoms with Crippen LogP contribution in [0.3, 0.4) is 0 Å². The summed E-state index contributed by atoms with van der Waals surface area (Å²) in [6.45, 7) is 11.9. The Morgan fingerprint density at radius 1 is 1.06 bits per heavy atom. The van der Waals surface area contributed by atoms with Gasteiger partial charge in [0.15, 0.2) is 12.1 Å². The van der Waals surface area contributed by atoms with Gasteiger partial charge in [-0.05, 0) is 65.0 Å². The molecule has 5 nitrogen and oxygen atoms in total. The molecule has 0 bridgehead atoms. The highest BCUT2D eigenvalue weighted by molar-refractivity contribution is 5.91. The molecule has 0 aliphatic heterocycles. The monoisotopic (exact) mass is 427 g/mol. The third-order valence-corrected chi connectivity index (χ3v) is 6.84. The number of benzene rings is 1. The van der Waals surface area contributed by atoms with Crippen LogP contribution in [-0.2, 0) is 26.7 Å². The van der Waals surface area contributed by atoms with E-state index in [-0.39, 0.29) is 16.7 Å². The van der Waals surface area contributed by atoms with Crippen molar-refractivity contribution in [2.75, 3.05) is 27.8 Å². The Morgan fingerprint density at radius 2 is 1.65 bits per heavy atom. The summed E-state index contributed by atoms with van der Waals surface area (Å²) < 4.78 is 16.3. The van der Waals surface area contributed by atoms with Crippen LogP contribution in [-0.4, -0.2) is 44.9 Å². The minimum absolute atomic E-state index is 0.166. The van der Waals surface area contributed by atoms with E-state index in [4.69, 9.17) is 13.9 Å². The first kappa shape index (κ1) is 23.6. The number of carbonyl (C=O) groups excluding carboxylic acids is 1. The number of carbonyl (C=O) groups is 1. The lowest BCUT2D eigenvalue weighted by Crippen LogP contribution is -2.35. The topological polar surface area (TPSA) is 51.9 Å². The molecule has 2 aromatic rings. The van der Waals surface area contributed by atoms with Gasteiger partial charge in [-0.1, -0.05) is 39.8 Å². The molecule has 0 fully saturated rings. The molecule has 0 spiro atoms. The SMILES string of the molecule is COC(CN(C)C(=O)c1ccc(Cc2cc3c(cc2C)C(C)(C)CCC3(C)C)o1)OC. The highest BCUT2D eigenvalue weighted by Crippen LogP contribution is 2.46. The molecule has 1 heterocycles. The number of hydrogen-bond acceptors (Lipinski definition) is 4. The number of rotatable bonds is 7. The van der Waals surface area contributed by atoms with E-state index in [1.165, 1.54) is 35.1 Å². The number of ether oxygens (including phenoxy) is 2. The fourth-order valence-electron chi connectivity index (χ4n) is 4.47. The van der Waals surface area contributed by atoms with Crippen molar-refractivity contribution >= 4 is 5.91 Å². The lowest BCUT2D eigenvalue weighted by molar-refractivity contribution is -0.110. The molecule has 170 valence electrons. The molecule has 1 aliphatic rings. The first-order valence-corrected chi connectivity index (χ1v) is 11.0. The van der Waals surface area contributed by atoms with E-state index in [1.54, 1.807) is 32.2 Å². The number of methoxy groups -OCH3 is 2. The third kappa shape index (κ3) is 4.88. The maximum Gasteiger partial charge on any atom is 0.289 e. The van der Waals surface area contributed by atoms with E-state index < -0.39 is 6.29 Å². The summed E-state index contributed by atoms with van der Waals surface area (Å²) >= 11 is 0. The minimum atomic E-state index is -0.464. The molecule has 1 aliphatic carbocycles. The van der Waals surface area contributed by atoms with Crippen molar-refractivity contribution in [3.8, 4) is 0 Å². The molecule has 0 atom stereocenters. The van der Waals surface area contributed by atoms with Crippen LogP contribution in [0.1, 0.15) is 79.1 Å². The zero-order valence-electron chi connectivity index (χ0n) is 20.3. The Morgan fingerprint density at radius 3 is 2.23 bits per heavy atom. The molecule has 1 amide bonds. The van der Waals surface area contributed by atoms with Gasteiger partial charge in [-0.3, -0.25) is 4.79 Å². The smallest absolute Gasteiger partial charge is 0.289 e. The van der Waals surface area contributed by atoms with Gasteiger partial charge in [0, 0.05) is 27.7 Å². The molecular weight excluding hydrogens is 390 g/mol. The van der Waals surface area contributed by atoms with Gasteiger partial charge in [0.05, 0.1) is 6.54 Å². The van der Waals surface area contributed by atoms with Crippen molar-refractivity contribution in [2.45, 2.75) is 71.0 Å². The normalized spacial score (nSPS) is 16.9. The number of fused-ring (bicyclic) bond motifs is 1. The predicted octanol–water partition coefficient (Wildman–Crippen LogP) is 5.22. The van der Waals surface area contributed by atoms with Crippen LogP contribution < -0.4 is 0 Å². The first-order valence-electron chi connectivity index (χ1n) is 11.0. The minimum Gasteiger partial charge on any atom is -0.456 e. The number of amides is 1. The van der Waals surface area contributed by atoms with Gasteiger partial charge in [0.1, 0.15) is 5.76 Å². The predicted molar refractivity (Wildman–Crippen MR) is 123 cm³/mol. The van der Waals surface area contributed by atoms with Crippen molar-refractivity contribution in [3.63, 3.8) is 0 Å². The molecule has 3 rings (SSSR count). The van der Waals surface area contributed by atoms with Crippen LogP contribution in [0.5, 0.6) is 0 Å². The highest BCUT2D eigenvalue weighted by Gasteiger charge is 2.37. The third-order valence-electron chi connectivity index (χ3n) is 6.84. The maximum atomic E-state index is 12.7. The summed E-state index contributed by atoms with van der Waals surface area (Å²) in [5.74, 6) is 0.943. The summed E-state index contributed by atoms with van der Waals surface area (Å²) in [6.07, 6.45) is 2.60. The molecule has 0 saturated heterocycles. The van der Waals surface area contributed by atoms with Crippen molar-refractivity contribution in [3.05, 3.63) is 58.0 Å². The molecule has 5 heteroatoms. The van der Waals surface area contributed by atoms with Gasteiger partial charge in [0.25, 0.3) is 5.91 Å². The Balaban J connectivity index is 1.82. The maximum absolute atomic E-state index is 12.7. The lowest BCUT2D eigenvalue weighted by atomic mass is 9.62. The van der Waals surface area contributed by atoms with Crippen LogP contribution in [0.25, 0.3) is 0 Å². The average Bonchev–Trinajstić information content (AvgIpc) is 3.18. The van der Waals surface area contributed by atoms with Crippen molar-refractivity contribution in [2.24, 2.45) is 0 Å². The molecule has 1 aromatic carbocycles. The summed E-state index contributed by atoms with van der Waals surface area (Å²) in [7, 11) is 4.83. The second-order valence-electron chi connectivity index (χ2n) is 10.1. The number of nitrogens with zero attached hydrogens (tertiary/aromatic N) is 1. The number of furan rings is 1. The van der Waals surface area contributed by atoms with Gasteiger partial charge in [-0.2, -0.15) is 0 Å². The second-order valence-corrected chi connectivity index (χ2v) is 10.1. The molecular formula is C26H37NO4. The van der Waals surface area contributed by atoms with Gasteiger partial charge >= 0.3 is 0 Å². The fourth-order valence-corrected chi connectivity index (χ4v) is 4.47. The van der Waals surface area contributed by atoms with E-state index in [0.29, 0.717) is 18.7 Å². The zero-order valence-corrected chi connectivity index (χ0v) is 20.3. The molecule has 0 radical (unpaired) electrons. The van der Waals surface area contributed by atoms with Crippen LogP contribution in [0.4, 0.5) is 0 Å².